The van der Waals surface area contributed by atoms with E-state index in [-0.39, 0.29) is 11.7 Å². The molecule has 1 aromatic rings. The van der Waals surface area contributed by atoms with Gasteiger partial charge in [-0.15, -0.1) is 11.8 Å². The van der Waals surface area contributed by atoms with Crippen LogP contribution in [-0.4, -0.2) is 18.8 Å². The third-order valence-electron chi connectivity index (χ3n) is 1.71. The van der Waals surface area contributed by atoms with Crippen molar-refractivity contribution in [3.8, 4) is 5.75 Å². The van der Waals surface area contributed by atoms with E-state index in [1.807, 2.05) is 6.07 Å². The van der Waals surface area contributed by atoms with E-state index in [0.717, 1.165) is 4.90 Å². The predicted molar refractivity (Wildman–Crippen MR) is 60.5 cm³/mol. The SMILES string of the molecule is COc1cc(N)ccc1SCC(=O)NN. The molecule has 0 radical (unpaired) electrons. The molecule has 1 amide bonds. The quantitative estimate of drug-likeness (QED) is 0.227. The van der Waals surface area contributed by atoms with Crippen LogP contribution < -0.4 is 21.7 Å². The fourth-order valence-corrected chi connectivity index (χ4v) is 1.81. The summed E-state index contributed by atoms with van der Waals surface area (Å²) in [6.07, 6.45) is 0. The molecule has 0 aliphatic carbocycles. The average Bonchev–Trinajstić information content (AvgIpc) is 2.26. The van der Waals surface area contributed by atoms with E-state index in [9.17, 15) is 4.79 Å². The highest BCUT2D eigenvalue weighted by atomic mass is 32.2. The van der Waals surface area contributed by atoms with Gasteiger partial charge in [0.15, 0.2) is 0 Å². The molecule has 1 rings (SSSR count). The molecule has 0 aromatic heterocycles. The number of rotatable bonds is 4. The molecule has 82 valence electrons. The number of carbonyl (C=O) groups excluding carboxylic acids is 1. The van der Waals surface area contributed by atoms with E-state index < -0.39 is 0 Å². The summed E-state index contributed by atoms with van der Waals surface area (Å²) in [5.74, 6) is 5.63. The van der Waals surface area contributed by atoms with Gasteiger partial charge in [0.05, 0.1) is 12.9 Å². The third kappa shape index (κ3) is 3.34. The first-order chi connectivity index (χ1) is 7.17. The maximum absolute atomic E-state index is 10.9. The number of nitrogens with two attached hydrogens (primary N) is 2. The fourth-order valence-electron chi connectivity index (χ4n) is 0.988. The summed E-state index contributed by atoms with van der Waals surface area (Å²) in [6.45, 7) is 0. The van der Waals surface area contributed by atoms with Crippen LogP contribution in [0.2, 0.25) is 0 Å². The van der Waals surface area contributed by atoms with Crippen LogP contribution in [0.15, 0.2) is 23.1 Å². The zero-order valence-corrected chi connectivity index (χ0v) is 9.14. The summed E-state index contributed by atoms with van der Waals surface area (Å²) in [5.41, 5.74) is 8.28. The molecule has 0 heterocycles. The molecule has 0 unspecified atom stereocenters. The van der Waals surface area contributed by atoms with Crippen molar-refractivity contribution >= 4 is 23.4 Å². The molecule has 0 spiro atoms. The summed E-state index contributed by atoms with van der Waals surface area (Å²) < 4.78 is 5.13. The fraction of sp³-hybridized carbons (Fsp3) is 0.222. The first kappa shape index (κ1) is 11.7. The monoisotopic (exact) mass is 227 g/mol. The zero-order valence-electron chi connectivity index (χ0n) is 8.32. The number of amides is 1. The summed E-state index contributed by atoms with van der Waals surface area (Å²) >= 11 is 1.34. The van der Waals surface area contributed by atoms with Gasteiger partial charge in [-0.1, -0.05) is 0 Å². The summed E-state index contributed by atoms with van der Waals surface area (Å²) in [6, 6.07) is 5.27. The van der Waals surface area contributed by atoms with Crippen molar-refractivity contribution in [3.05, 3.63) is 18.2 Å². The normalized spacial score (nSPS) is 9.73. The molecule has 0 aliphatic heterocycles. The number of carbonyl (C=O) groups is 1. The minimum Gasteiger partial charge on any atom is -0.496 e. The number of thioether (sulfide) groups is 1. The predicted octanol–water partition coefficient (Wildman–Crippen LogP) is 0.359. The minimum atomic E-state index is -0.237. The molecule has 6 heteroatoms. The second-order valence-electron chi connectivity index (χ2n) is 2.77. The Labute approximate surface area is 92.1 Å². The molecule has 0 fully saturated rings. The van der Waals surface area contributed by atoms with Gasteiger partial charge in [0.2, 0.25) is 5.91 Å². The molecule has 0 aliphatic rings. The average molecular weight is 227 g/mol. The number of anilines is 1. The van der Waals surface area contributed by atoms with Crippen LogP contribution in [-0.2, 0) is 4.79 Å². The van der Waals surface area contributed by atoms with Crippen LogP contribution in [0.4, 0.5) is 5.69 Å². The lowest BCUT2D eigenvalue weighted by atomic mass is 10.3. The first-order valence-electron chi connectivity index (χ1n) is 4.23. The van der Waals surface area contributed by atoms with Crippen molar-refractivity contribution < 1.29 is 9.53 Å². The van der Waals surface area contributed by atoms with E-state index >= 15 is 0 Å². The van der Waals surface area contributed by atoms with Gasteiger partial charge in [-0.2, -0.15) is 0 Å². The number of methoxy groups -OCH3 is 1. The molecular formula is C9H13N3O2S. The van der Waals surface area contributed by atoms with E-state index in [1.54, 1.807) is 19.2 Å². The Morgan fingerprint density at radius 3 is 2.93 bits per heavy atom. The lowest BCUT2D eigenvalue weighted by Crippen LogP contribution is -2.31. The maximum Gasteiger partial charge on any atom is 0.244 e. The molecule has 0 saturated carbocycles. The topological polar surface area (TPSA) is 90.4 Å². The Bertz CT molecular complexity index is 357. The summed E-state index contributed by atoms with van der Waals surface area (Å²) in [4.78, 5) is 11.8. The van der Waals surface area contributed by atoms with Crippen LogP contribution in [0.25, 0.3) is 0 Å². The van der Waals surface area contributed by atoms with Crippen LogP contribution in [0.1, 0.15) is 0 Å². The molecular weight excluding hydrogens is 214 g/mol. The van der Waals surface area contributed by atoms with E-state index in [0.29, 0.717) is 11.4 Å². The Kier molecular flexibility index (Phi) is 4.26. The van der Waals surface area contributed by atoms with Crippen molar-refractivity contribution in [1.82, 2.24) is 5.43 Å². The number of benzene rings is 1. The van der Waals surface area contributed by atoms with Crippen LogP contribution >= 0.6 is 11.8 Å². The molecule has 15 heavy (non-hydrogen) atoms. The van der Waals surface area contributed by atoms with Crippen molar-refractivity contribution in [2.24, 2.45) is 5.84 Å². The van der Waals surface area contributed by atoms with Crippen LogP contribution in [0, 0.1) is 0 Å². The maximum atomic E-state index is 10.9. The highest BCUT2D eigenvalue weighted by Crippen LogP contribution is 2.30. The van der Waals surface area contributed by atoms with Gasteiger partial charge >= 0.3 is 0 Å². The third-order valence-corrected chi connectivity index (χ3v) is 2.76. The summed E-state index contributed by atoms with van der Waals surface area (Å²) in [5, 5.41) is 0. The second kappa shape index (κ2) is 5.47. The lowest BCUT2D eigenvalue weighted by Gasteiger charge is -2.08. The molecule has 0 bridgehead atoms. The highest BCUT2D eigenvalue weighted by Gasteiger charge is 2.06. The Morgan fingerprint density at radius 1 is 1.60 bits per heavy atom. The number of nitrogens with one attached hydrogen (secondary N) is 1. The van der Waals surface area contributed by atoms with Gasteiger partial charge < -0.3 is 10.5 Å². The van der Waals surface area contributed by atoms with Gasteiger partial charge in [0.1, 0.15) is 5.75 Å². The van der Waals surface area contributed by atoms with Crippen LogP contribution in [0.3, 0.4) is 0 Å². The lowest BCUT2D eigenvalue weighted by molar-refractivity contribution is -0.118. The molecule has 1 aromatic carbocycles. The number of hydrazine groups is 1. The van der Waals surface area contributed by atoms with Crippen molar-refractivity contribution in [3.63, 3.8) is 0 Å². The molecule has 0 atom stereocenters. The van der Waals surface area contributed by atoms with Gasteiger partial charge in [-0.25, -0.2) is 5.84 Å². The first-order valence-corrected chi connectivity index (χ1v) is 5.21. The smallest absolute Gasteiger partial charge is 0.244 e. The highest BCUT2D eigenvalue weighted by molar-refractivity contribution is 8.00. The van der Waals surface area contributed by atoms with E-state index in [1.165, 1.54) is 11.8 Å². The van der Waals surface area contributed by atoms with Gasteiger partial charge in [-0.05, 0) is 12.1 Å². The molecule has 0 saturated heterocycles. The van der Waals surface area contributed by atoms with Crippen molar-refractivity contribution in [1.29, 1.82) is 0 Å². The Balaban J connectivity index is 2.72. The molecule has 5 nitrogen and oxygen atoms in total. The summed E-state index contributed by atoms with van der Waals surface area (Å²) in [7, 11) is 1.56. The van der Waals surface area contributed by atoms with Crippen LogP contribution in [0.5, 0.6) is 5.75 Å². The minimum absolute atomic E-state index is 0.237. The van der Waals surface area contributed by atoms with Crippen molar-refractivity contribution in [2.75, 3.05) is 18.6 Å². The zero-order chi connectivity index (χ0) is 11.3. The number of ether oxygens (including phenoxy) is 1. The second-order valence-corrected chi connectivity index (χ2v) is 3.78. The van der Waals surface area contributed by atoms with Crippen molar-refractivity contribution in [2.45, 2.75) is 4.90 Å². The number of hydrogen-bond acceptors (Lipinski definition) is 5. The number of nitrogen functional groups attached to an aromatic ring is 1. The largest absolute Gasteiger partial charge is 0.496 e. The Hall–Kier alpha value is -1.40. The number of hydrogen-bond donors (Lipinski definition) is 3. The van der Waals surface area contributed by atoms with Gasteiger partial charge in [0, 0.05) is 16.6 Å². The van der Waals surface area contributed by atoms with Gasteiger partial charge in [0.25, 0.3) is 0 Å². The van der Waals surface area contributed by atoms with E-state index in [4.69, 9.17) is 16.3 Å². The Morgan fingerprint density at radius 2 is 2.33 bits per heavy atom. The van der Waals surface area contributed by atoms with Gasteiger partial charge in [-0.3, -0.25) is 10.2 Å². The standard InChI is InChI=1S/C9H13N3O2S/c1-14-7-4-6(10)2-3-8(7)15-5-9(13)12-11/h2-4H,5,10-11H2,1H3,(H,12,13). The van der Waals surface area contributed by atoms with E-state index in [2.05, 4.69) is 5.43 Å². The molecule has 5 N–H and O–H groups in total.